The molecular formula is C24H23F2N5O. The molecule has 0 spiro atoms. The number of aromatic nitrogens is 4. The smallest absolute Gasteiger partial charge is 0.273 e. The summed E-state index contributed by atoms with van der Waals surface area (Å²) in [5.41, 5.74) is 2.75. The maximum Gasteiger partial charge on any atom is 0.273 e. The molecule has 4 aromatic rings. The van der Waals surface area contributed by atoms with E-state index in [4.69, 9.17) is 4.98 Å². The number of hydrogen-bond acceptors (Lipinski definition) is 4. The third-order valence-corrected chi connectivity index (χ3v) is 7.03. The van der Waals surface area contributed by atoms with Crippen LogP contribution in [-0.4, -0.2) is 19.2 Å². The van der Waals surface area contributed by atoms with Gasteiger partial charge in [0.05, 0.1) is 23.1 Å². The van der Waals surface area contributed by atoms with Crippen molar-refractivity contribution in [3.8, 4) is 0 Å². The van der Waals surface area contributed by atoms with Gasteiger partial charge in [0, 0.05) is 35.9 Å². The Morgan fingerprint density at radius 1 is 1.19 bits per heavy atom. The number of pyridine rings is 1. The first-order valence-electron chi connectivity index (χ1n) is 10.9. The van der Waals surface area contributed by atoms with Gasteiger partial charge in [0.15, 0.2) is 5.65 Å². The van der Waals surface area contributed by atoms with Crippen LogP contribution in [0.4, 0.5) is 14.6 Å². The standard InChI is InChI=1S/C24H23F2N5O/c1-14(15-4-3-5-18-16(15)6-8-24(18,25)26)28-22-17-13-30(23(2)9-10-23)21(32)12-19(17)31-20(29-22)7-11-27-31/h3-5,7,11-14H,6,8-10H2,1-2H3,(H,28,29)/t14-/m1/s1. The predicted octanol–water partition coefficient (Wildman–Crippen LogP) is 4.76. The van der Waals surface area contributed by atoms with Crippen LogP contribution in [0.2, 0.25) is 0 Å². The maximum atomic E-state index is 14.3. The van der Waals surface area contributed by atoms with Gasteiger partial charge in [-0.25, -0.2) is 18.3 Å². The summed E-state index contributed by atoms with van der Waals surface area (Å²) >= 11 is 0. The summed E-state index contributed by atoms with van der Waals surface area (Å²) in [6, 6.07) is 8.28. The number of rotatable bonds is 4. The van der Waals surface area contributed by atoms with E-state index in [0.717, 1.165) is 29.4 Å². The van der Waals surface area contributed by atoms with Crippen LogP contribution in [0.25, 0.3) is 16.6 Å². The summed E-state index contributed by atoms with van der Waals surface area (Å²) in [6.45, 7) is 4.03. The van der Waals surface area contributed by atoms with Crippen LogP contribution in [0.5, 0.6) is 0 Å². The van der Waals surface area contributed by atoms with Crippen molar-refractivity contribution < 1.29 is 8.78 Å². The van der Waals surface area contributed by atoms with Crippen LogP contribution in [0, 0.1) is 0 Å². The fourth-order valence-corrected chi connectivity index (χ4v) is 4.91. The van der Waals surface area contributed by atoms with Crippen molar-refractivity contribution >= 4 is 22.4 Å². The molecule has 8 heteroatoms. The van der Waals surface area contributed by atoms with E-state index in [1.807, 2.05) is 19.2 Å². The van der Waals surface area contributed by atoms with Crippen LogP contribution < -0.4 is 10.9 Å². The summed E-state index contributed by atoms with van der Waals surface area (Å²) in [7, 11) is 0. The second kappa shape index (κ2) is 6.37. The molecule has 0 amide bonds. The van der Waals surface area contributed by atoms with Crippen molar-refractivity contribution in [1.82, 2.24) is 19.2 Å². The van der Waals surface area contributed by atoms with Crippen LogP contribution in [0.3, 0.4) is 0 Å². The molecule has 0 unspecified atom stereocenters. The Morgan fingerprint density at radius 2 is 2.00 bits per heavy atom. The van der Waals surface area contributed by atoms with Crippen molar-refractivity contribution in [3.63, 3.8) is 0 Å². The lowest BCUT2D eigenvalue weighted by Crippen LogP contribution is -2.27. The summed E-state index contributed by atoms with van der Waals surface area (Å²) in [5.74, 6) is -2.16. The number of halogens is 2. The molecule has 3 aromatic heterocycles. The second-order valence-electron chi connectivity index (χ2n) is 9.28. The molecule has 1 atom stereocenters. The quantitative estimate of drug-likeness (QED) is 0.502. The van der Waals surface area contributed by atoms with Crippen LogP contribution in [0.15, 0.2) is 47.5 Å². The summed E-state index contributed by atoms with van der Waals surface area (Å²) in [5, 5.41) is 8.55. The van der Waals surface area contributed by atoms with Gasteiger partial charge in [-0.1, -0.05) is 18.2 Å². The van der Waals surface area contributed by atoms with E-state index in [1.54, 1.807) is 33.5 Å². The lowest BCUT2D eigenvalue weighted by Gasteiger charge is -2.21. The molecule has 1 saturated carbocycles. The number of hydrogen-bond donors (Lipinski definition) is 1. The maximum absolute atomic E-state index is 14.3. The minimum atomic E-state index is -2.78. The Morgan fingerprint density at radius 3 is 2.78 bits per heavy atom. The lowest BCUT2D eigenvalue weighted by molar-refractivity contribution is -0.00184. The number of nitrogens with one attached hydrogen (secondary N) is 1. The van der Waals surface area contributed by atoms with E-state index >= 15 is 0 Å². The molecule has 1 aromatic carbocycles. The molecule has 3 heterocycles. The summed E-state index contributed by atoms with van der Waals surface area (Å²) in [6.07, 6.45) is 5.63. The highest BCUT2D eigenvalue weighted by Gasteiger charge is 2.41. The Kier molecular flexibility index (Phi) is 3.86. The minimum absolute atomic E-state index is 0.0670. The average molecular weight is 435 g/mol. The molecule has 0 aliphatic heterocycles. The Bertz CT molecular complexity index is 1450. The molecule has 6 nitrogen and oxygen atoms in total. The van der Waals surface area contributed by atoms with E-state index in [2.05, 4.69) is 17.3 Å². The van der Waals surface area contributed by atoms with Crippen molar-refractivity contribution in [2.45, 2.75) is 57.0 Å². The summed E-state index contributed by atoms with van der Waals surface area (Å²) < 4.78 is 32.0. The molecule has 164 valence electrons. The zero-order valence-corrected chi connectivity index (χ0v) is 17.9. The minimum Gasteiger partial charge on any atom is -0.363 e. The number of alkyl halides is 2. The van der Waals surface area contributed by atoms with Crippen molar-refractivity contribution in [2.75, 3.05) is 5.32 Å². The van der Waals surface area contributed by atoms with E-state index in [1.165, 1.54) is 6.07 Å². The van der Waals surface area contributed by atoms with Crippen LogP contribution in [-0.2, 0) is 17.9 Å². The SMILES string of the molecule is C[C@@H](Nc1nc2ccnn2c2cc(=O)n(C3(C)CC3)cc12)c1cccc2c1CCC2(F)F. The van der Waals surface area contributed by atoms with Gasteiger partial charge in [0.25, 0.3) is 11.5 Å². The van der Waals surface area contributed by atoms with E-state index in [9.17, 15) is 13.6 Å². The Balaban J connectivity index is 1.49. The number of benzene rings is 1. The van der Waals surface area contributed by atoms with Gasteiger partial charge in [-0.15, -0.1) is 0 Å². The third kappa shape index (κ3) is 2.78. The number of nitrogens with zero attached hydrogens (tertiary/aromatic N) is 4. The normalized spacial score (nSPS) is 19.2. The highest BCUT2D eigenvalue weighted by molar-refractivity contribution is 5.90. The highest BCUT2D eigenvalue weighted by Crippen LogP contribution is 2.45. The molecule has 0 bridgehead atoms. The monoisotopic (exact) mass is 435 g/mol. The van der Waals surface area contributed by atoms with Gasteiger partial charge >= 0.3 is 0 Å². The van der Waals surface area contributed by atoms with Gasteiger partial charge in [-0.2, -0.15) is 5.10 Å². The van der Waals surface area contributed by atoms with Crippen molar-refractivity contribution in [1.29, 1.82) is 0 Å². The molecule has 0 saturated heterocycles. The molecule has 2 aliphatic carbocycles. The second-order valence-corrected chi connectivity index (χ2v) is 9.28. The molecular weight excluding hydrogens is 412 g/mol. The van der Waals surface area contributed by atoms with Crippen molar-refractivity contribution in [3.05, 3.63) is 69.8 Å². The van der Waals surface area contributed by atoms with E-state index < -0.39 is 5.92 Å². The fraction of sp³-hybridized carbons (Fsp3) is 0.375. The molecule has 0 radical (unpaired) electrons. The largest absolute Gasteiger partial charge is 0.363 e. The number of anilines is 1. The zero-order valence-electron chi connectivity index (χ0n) is 17.9. The lowest BCUT2D eigenvalue weighted by atomic mass is 9.97. The summed E-state index contributed by atoms with van der Waals surface area (Å²) in [4.78, 5) is 17.6. The Hall–Kier alpha value is -3.29. The molecule has 32 heavy (non-hydrogen) atoms. The Labute approximate surface area is 182 Å². The topological polar surface area (TPSA) is 64.2 Å². The van der Waals surface area contributed by atoms with E-state index in [0.29, 0.717) is 23.4 Å². The molecule has 1 fully saturated rings. The van der Waals surface area contributed by atoms with Gasteiger partial charge in [-0.05, 0) is 44.2 Å². The third-order valence-electron chi connectivity index (χ3n) is 7.03. The fourth-order valence-electron chi connectivity index (χ4n) is 4.91. The predicted molar refractivity (Wildman–Crippen MR) is 118 cm³/mol. The van der Waals surface area contributed by atoms with Crippen molar-refractivity contribution in [2.24, 2.45) is 0 Å². The number of fused-ring (bicyclic) bond motifs is 4. The van der Waals surface area contributed by atoms with Gasteiger partial charge in [0.1, 0.15) is 5.82 Å². The van der Waals surface area contributed by atoms with Crippen LogP contribution >= 0.6 is 0 Å². The first-order chi connectivity index (χ1) is 15.3. The van der Waals surface area contributed by atoms with Gasteiger partial charge in [-0.3, -0.25) is 4.79 Å². The first-order valence-corrected chi connectivity index (χ1v) is 10.9. The first kappa shape index (κ1) is 19.4. The zero-order chi connectivity index (χ0) is 22.3. The van der Waals surface area contributed by atoms with E-state index in [-0.39, 0.29) is 29.1 Å². The van der Waals surface area contributed by atoms with Gasteiger partial charge < -0.3 is 9.88 Å². The molecule has 6 rings (SSSR count). The van der Waals surface area contributed by atoms with Crippen LogP contribution in [0.1, 0.15) is 55.8 Å². The average Bonchev–Trinajstić information content (AvgIpc) is 3.18. The molecule has 1 N–H and O–H groups in total. The van der Waals surface area contributed by atoms with Gasteiger partial charge in [0.2, 0.25) is 0 Å². The highest BCUT2D eigenvalue weighted by atomic mass is 19.3. The molecule has 2 aliphatic rings.